The van der Waals surface area contributed by atoms with Crippen molar-refractivity contribution in [3.63, 3.8) is 0 Å². The van der Waals surface area contributed by atoms with Crippen LogP contribution >= 0.6 is 0 Å². The SMILES string of the molecule is CCCCOCCC(=O)Nc1ccc(F)cc1N. The molecule has 1 aromatic rings. The summed E-state index contributed by atoms with van der Waals surface area (Å²) in [7, 11) is 0. The maximum Gasteiger partial charge on any atom is 0.226 e. The molecule has 0 spiro atoms. The van der Waals surface area contributed by atoms with Gasteiger partial charge in [-0.05, 0) is 24.6 Å². The molecule has 0 saturated heterocycles. The lowest BCUT2D eigenvalue weighted by atomic mass is 10.2. The minimum absolute atomic E-state index is 0.190. The van der Waals surface area contributed by atoms with Gasteiger partial charge >= 0.3 is 0 Å². The second kappa shape index (κ2) is 7.66. The molecule has 3 N–H and O–H groups in total. The Morgan fingerprint density at radius 2 is 2.22 bits per heavy atom. The summed E-state index contributed by atoms with van der Waals surface area (Å²) in [5.74, 6) is -0.613. The Morgan fingerprint density at radius 1 is 1.44 bits per heavy atom. The van der Waals surface area contributed by atoms with Crippen LogP contribution in [0.2, 0.25) is 0 Å². The first-order valence-electron chi connectivity index (χ1n) is 6.06. The lowest BCUT2D eigenvalue weighted by molar-refractivity contribution is -0.117. The van der Waals surface area contributed by atoms with Crippen LogP contribution in [0.15, 0.2) is 18.2 Å². The van der Waals surface area contributed by atoms with E-state index in [2.05, 4.69) is 12.2 Å². The van der Waals surface area contributed by atoms with Gasteiger partial charge in [0.25, 0.3) is 0 Å². The normalized spacial score (nSPS) is 10.3. The van der Waals surface area contributed by atoms with Gasteiger partial charge in [-0.25, -0.2) is 4.39 Å². The van der Waals surface area contributed by atoms with Crippen LogP contribution in [0.1, 0.15) is 26.2 Å². The molecule has 0 saturated carbocycles. The summed E-state index contributed by atoms with van der Waals surface area (Å²) in [5.41, 5.74) is 6.22. The minimum atomic E-state index is -0.423. The molecule has 0 fully saturated rings. The van der Waals surface area contributed by atoms with Gasteiger partial charge in [0.1, 0.15) is 5.82 Å². The van der Waals surface area contributed by atoms with Gasteiger partial charge in [0.15, 0.2) is 0 Å². The van der Waals surface area contributed by atoms with E-state index in [0.29, 0.717) is 18.9 Å². The number of nitrogens with two attached hydrogens (primary N) is 1. The van der Waals surface area contributed by atoms with E-state index >= 15 is 0 Å². The largest absolute Gasteiger partial charge is 0.397 e. The number of nitrogen functional groups attached to an aromatic ring is 1. The fourth-order valence-corrected chi connectivity index (χ4v) is 1.37. The number of unbranched alkanes of at least 4 members (excludes halogenated alkanes) is 1. The Hall–Kier alpha value is -1.62. The van der Waals surface area contributed by atoms with Gasteiger partial charge in [-0.1, -0.05) is 13.3 Å². The molecule has 0 heterocycles. The lowest BCUT2D eigenvalue weighted by Gasteiger charge is -2.08. The highest BCUT2D eigenvalue weighted by Gasteiger charge is 2.05. The van der Waals surface area contributed by atoms with Crippen LogP contribution in [0, 0.1) is 5.82 Å². The molecule has 0 radical (unpaired) electrons. The van der Waals surface area contributed by atoms with Crippen molar-refractivity contribution in [2.75, 3.05) is 24.3 Å². The fraction of sp³-hybridized carbons (Fsp3) is 0.462. The highest BCUT2D eigenvalue weighted by molar-refractivity contribution is 5.93. The molecule has 5 heteroatoms. The third-order valence-corrected chi connectivity index (χ3v) is 2.40. The van der Waals surface area contributed by atoms with E-state index < -0.39 is 5.82 Å². The van der Waals surface area contributed by atoms with Crippen molar-refractivity contribution in [3.05, 3.63) is 24.0 Å². The van der Waals surface area contributed by atoms with Gasteiger partial charge in [-0.3, -0.25) is 4.79 Å². The molecule has 1 rings (SSSR count). The molecule has 0 atom stereocenters. The zero-order chi connectivity index (χ0) is 13.4. The van der Waals surface area contributed by atoms with Gasteiger partial charge in [0.2, 0.25) is 5.91 Å². The second-order valence-corrected chi connectivity index (χ2v) is 4.00. The molecule has 0 aliphatic rings. The van der Waals surface area contributed by atoms with E-state index in [1.807, 2.05) is 0 Å². The molecule has 100 valence electrons. The highest BCUT2D eigenvalue weighted by Crippen LogP contribution is 2.19. The minimum Gasteiger partial charge on any atom is -0.397 e. The summed E-state index contributed by atoms with van der Waals surface area (Å²) in [5, 5.41) is 2.62. The summed E-state index contributed by atoms with van der Waals surface area (Å²) in [4.78, 5) is 11.5. The van der Waals surface area contributed by atoms with E-state index in [9.17, 15) is 9.18 Å². The first kappa shape index (κ1) is 14.4. The Kier molecular flexibility index (Phi) is 6.14. The maximum absolute atomic E-state index is 12.8. The smallest absolute Gasteiger partial charge is 0.226 e. The van der Waals surface area contributed by atoms with Crippen LogP contribution < -0.4 is 11.1 Å². The van der Waals surface area contributed by atoms with Gasteiger partial charge in [-0.15, -0.1) is 0 Å². The van der Waals surface area contributed by atoms with Gasteiger partial charge in [0, 0.05) is 6.61 Å². The van der Waals surface area contributed by atoms with Crippen LogP contribution in [-0.4, -0.2) is 19.1 Å². The first-order valence-corrected chi connectivity index (χ1v) is 6.06. The number of carbonyl (C=O) groups excluding carboxylic acids is 1. The molecule has 0 aliphatic carbocycles. The number of ether oxygens (including phenoxy) is 1. The average molecular weight is 254 g/mol. The summed E-state index contributed by atoms with van der Waals surface area (Å²) in [6.45, 7) is 3.13. The zero-order valence-electron chi connectivity index (χ0n) is 10.5. The second-order valence-electron chi connectivity index (χ2n) is 4.00. The topological polar surface area (TPSA) is 64.3 Å². The third-order valence-electron chi connectivity index (χ3n) is 2.40. The van der Waals surface area contributed by atoms with Crippen LogP contribution in [0.25, 0.3) is 0 Å². The van der Waals surface area contributed by atoms with E-state index in [-0.39, 0.29) is 18.0 Å². The van der Waals surface area contributed by atoms with E-state index in [1.54, 1.807) is 0 Å². The molecule has 18 heavy (non-hydrogen) atoms. The molecule has 1 amide bonds. The van der Waals surface area contributed by atoms with Gasteiger partial charge < -0.3 is 15.8 Å². The number of anilines is 2. The van der Waals surface area contributed by atoms with Crippen molar-refractivity contribution in [1.29, 1.82) is 0 Å². The number of hydrogen-bond donors (Lipinski definition) is 2. The van der Waals surface area contributed by atoms with Crippen molar-refractivity contribution in [3.8, 4) is 0 Å². The molecule has 0 aromatic heterocycles. The molecular formula is C13H19FN2O2. The zero-order valence-corrected chi connectivity index (χ0v) is 10.5. The molecule has 0 unspecified atom stereocenters. The molecule has 4 nitrogen and oxygen atoms in total. The summed E-state index contributed by atoms with van der Waals surface area (Å²) in [6.07, 6.45) is 2.32. The van der Waals surface area contributed by atoms with Crippen molar-refractivity contribution in [2.45, 2.75) is 26.2 Å². The van der Waals surface area contributed by atoms with Crippen molar-refractivity contribution >= 4 is 17.3 Å². The highest BCUT2D eigenvalue weighted by atomic mass is 19.1. The van der Waals surface area contributed by atoms with Crippen LogP contribution in [0.5, 0.6) is 0 Å². The molecule has 0 aliphatic heterocycles. The first-order chi connectivity index (χ1) is 8.63. The number of benzene rings is 1. The maximum atomic E-state index is 12.8. The predicted molar refractivity (Wildman–Crippen MR) is 69.8 cm³/mol. The number of amides is 1. The van der Waals surface area contributed by atoms with E-state index in [0.717, 1.165) is 12.8 Å². The fourth-order valence-electron chi connectivity index (χ4n) is 1.37. The quantitative estimate of drug-likeness (QED) is 0.580. The van der Waals surface area contributed by atoms with E-state index in [1.165, 1.54) is 18.2 Å². The van der Waals surface area contributed by atoms with Crippen molar-refractivity contribution in [1.82, 2.24) is 0 Å². The van der Waals surface area contributed by atoms with Crippen LogP contribution in [0.4, 0.5) is 15.8 Å². The van der Waals surface area contributed by atoms with Gasteiger partial charge in [0.05, 0.1) is 24.4 Å². The van der Waals surface area contributed by atoms with Crippen molar-refractivity contribution < 1.29 is 13.9 Å². The van der Waals surface area contributed by atoms with Crippen LogP contribution in [-0.2, 0) is 9.53 Å². The molecular weight excluding hydrogens is 235 g/mol. The molecule has 0 bridgehead atoms. The van der Waals surface area contributed by atoms with Crippen molar-refractivity contribution in [2.24, 2.45) is 0 Å². The van der Waals surface area contributed by atoms with Gasteiger partial charge in [-0.2, -0.15) is 0 Å². The number of nitrogens with one attached hydrogen (secondary N) is 1. The Labute approximate surface area is 106 Å². The molecule has 1 aromatic carbocycles. The standard InChI is InChI=1S/C13H19FN2O2/c1-2-3-7-18-8-6-13(17)16-12-5-4-10(14)9-11(12)15/h4-5,9H,2-3,6-8,15H2,1H3,(H,16,17). The lowest BCUT2D eigenvalue weighted by Crippen LogP contribution is -2.15. The number of halogens is 1. The average Bonchev–Trinajstić information content (AvgIpc) is 2.32. The summed E-state index contributed by atoms with van der Waals surface area (Å²) < 4.78 is 18.1. The Balaban J connectivity index is 2.31. The summed E-state index contributed by atoms with van der Waals surface area (Å²) >= 11 is 0. The third kappa shape index (κ3) is 5.14. The number of rotatable bonds is 7. The number of carbonyl (C=O) groups is 1. The van der Waals surface area contributed by atoms with E-state index in [4.69, 9.17) is 10.5 Å². The predicted octanol–water partition coefficient (Wildman–Crippen LogP) is 2.55. The summed E-state index contributed by atoms with van der Waals surface area (Å²) in [6, 6.07) is 3.87. The number of hydrogen-bond acceptors (Lipinski definition) is 3. The Morgan fingerprint density at radius 3 is 2.89 bits per heavy atom. The van der Waals surface area contributed by atoms with Crippen LogP contribution in [0.3, 0.4) is 0 Å². The Bertz CT molecular complexity index is 397. The monoisotopic (exact) mass is 254 g/mol.